The topological polar surface area (TPSA) is 38.3 Å². The summed E-state index contributed by atoms with van der Waals surface area (Å²) in [7, 11) is 0. The molecule has 1 aromatic rings. The van der Waals surface area contributed by atoms with Crippen molar-refractivity contribution in [2.75, 3.05) is 6.61 Å². The Morgan fingerprint density at radius 3 is 2.74 bits per heavy atom. The molecule has 19 heavy (non-hydrogen) atoms. The lowest BCUT2D eigenvalue weighted by Crippen LogP contribution is -2.24. The number of nitrogens with one attached hydrogen (secondary N) is 1. The highest BCUT2D eigenvalue weighted by Gasteiger charge is 2.03. The number of carbonyl (C=O) groups is 1. The van der Waals surface area contributed by atoms with Gasteiger partial charge in [0.2, 0.25) is 0 Å². The Balaban J connectivity index is 2.38. The lowest BCUT2D eigenvalue weighted by molar-refractivity contribution is 0.144. The molecule has 0 unspecified atom stereocenters. The van der Waals surface area contributed by atoms with Gasteiger partial charge in [0.1, 0.15) is 0 Å². The molecule has 0 heterocycles. The van der Waals surface area contributed by atoms with Crippen molar-refractivity contribution in [2.45, 2.75) is 46.6 Å². The van der Waals surface area contributed by atoms with Crippen LogP contribution in [0, 0.1) is 5.92 Å². The summed E-state index contributed by atoms with van der Waals surface area (Å²) in [6.45, 7) is 7.50. The number of rotatable bonds is 7. The third-order valence-corrected chi connectivity index (χ3v) is 2.80. The van der Waals surface area contributed by atoms with Crippen LogP contribution in [0.2, 0.25) is 0 Å². The fraction of sp³-hybridized carbons (Fsp3) is 0.562. The van der Waals surface area contributed by atoms with Gasteiger partial charge in [-0.25, -0.2) is 4.79 Å². The van der Waals surface area contributed by atoms with E-state index in [4.69, 9.17) is 4.74 Å². The molecule has 0 bridgehead atoms. The molecular formula is C16H25NO2. The fourth-order valence-corrected chi connectivity index (χ4v) is 1.87. The molecule has 1 N–H and O–H groups in total. The largest absolute Gasteiger partial charge is 0.450 e. The molecule has 0 spiro atoms. The maximum Gasteiger partial charge on any atom is 0.407 e. The Morgan fingerprint density at radius 2 is 2.05 bits per heavy atom. The lowest BCUT2D eigenvalue weighted by atomic mass is 10.0. The number of carbonyl (C=O) groups excluding carboxylic acids is 1. The molecule has 0 saturated heterocycles. The average molecular weight is 263 g/mol. The Morgan fingerprint density at radius 1 is 1.32 bits per heavy atom. The van der Waals surface area contributed by atoms with E-state index in [0.717, 1.165) is 24.8 Å². The molecule has 0 radical (unpaired) electrons. The zero-order valence-corrected chi connectivity index (χ0v) is 12.2. The molecule has 0 saturated carbocycles. The first kappa shape index (κ1) is 15.5. The summed E-state index contributed by atoms with van der Waals surface area (Å²) in [4.78, 5) is 11.4. The van der Waals surface area contributed by atoms with Gasteiger partial charge in [-0.1, -0.05) is 51.5 Å². The minimum absolute atomic E-state index is 0.331. The number of ether oxygens (including phenoxy) is 1. The monoisotopic (exact) mass is 263 g/mol. The normalized spacial score (nSPS) is 10.5. The van der Waals surface area contributed by atoms with Gasteiger partial charge in [-0.2, -0.15) is 0 Å². The Hall–Kier alpha value is -1.51. The van der Waals surface area contributed by atoms with Gasteiger partial charge in [-0.05, 0) is 29.9 Å². The van der Waals surface area contributed by atoms with Crippen molar-refractivity contribution in [3.63, 3.8) is 0 Å². The Kier molecular flexibility index (Phi) is 7.01. The molecule has 1 amide bonds. The second-order valence-corrected chi connectivity index (χ2v) is 5.26. The summed E-state index contributed by atoms with van der Waals surface area (Å²) >= 11 is 0. The van der Waals surface area contributed by atoms with Crippen molar-refractivity contribution in [1.29, 1.82) is 0 Å². The van der Waals surface area contributed by atoms with Gasteiger partial charge >= 0.3 is 6.09 Å². The second-order valence-electron chi connectivity index (χ2n) is 5.26. The minimum atomic E-state index is -0.331. The summed E-state index contributed by atoms with van der Waals surface area (Å²) in [6, 6.07) is 8.34. The zero-order chi connectivity index (χ0) is 14.1. The van der Waals surface area contributed by atoms with Gasteiger partial charge in [0.05, 0.1) is 6.61 Å². The van der Waals surface area contributed by atoms with Crippen molar-refractivity contribution >= 4 is 6.09 Å². The fourth-order valence-electron chi connectivity index (χ4n) is 1.87. The van der Waals surface area contributed by atoms with Crippen LogP contribution in [0.25, 0.3) is 0 Å². The van der Waals surface area contributed by atoms with Gasteiger partial charge in [-0.15, -0.1) is 0 Å². The number of unbranched alkanes of at least 4 members (excludes halogenated alkanes) is 1. The summed E-state index contributed by atoms with van der Waals surface area (Å²) in [5.74, 6) is 0.641. The standard InChI is InChI=1S/C16H25NO2/c1-4-5-9-19-16(18)17-12-15-8-6-7-14(11-15)10-13(2)3/h6-8,11,13H,4-5,9-10,12H2,1-3H3,(H,17,18). The van der Waals surface area contributed by atoms with E-state index in [2.05, 4.69) is 38.2 Å². The van der Waals surface area contributed by atoms with Gasteiger partial charge in [0, 0.05) is 6.54 Å². The summed E-state index contributed by atoms with van der Waals surface area (Å²) < 4.78 is 5.05. The smallest absolute Gasteiger partial charge is 0.407 e. The van der Waals surface area contributed by atoms with Crippen molar-refractivity contribution in [3.05, 3.63) is 35.4 Å². The van der Waals surface area contributed by atoms with E-state index in [-0.39, 0.29) is 6.09 Å². The molecule has 0 aromatic heterocycles. The van der Waals surface area contributed by atoms with Crippen LogP contribution in [-0.4, -0.2) is 12.7 Å². The van der Waals surface area contributed by atoms with E-state index in [1.165, 1.54) is 5.56 Å². The zero-order valence-electron chi connectivity index (χ0n) is 12.2. The van der Waals surface area contributed by atoms with E-state index in [1.54, 1.807) is 0 Å². The molecule has 0 fully saturated rings. The number of alkyl carbamates (subject to hydrolysis) is 1. The van der Waals surface area contributed by atoms with Gasteiger partial charge in [0.15, 0.2) is 0 Å². The summed E-state index contributed by atoms with van der Waals surface area (Å²) in [5, 5.41) is 2.78. The quantitative estimate of drug-likeness (QED) is 0.757. The molecular weight excluding hydrogens is 238 g/mol. The SMILES string of the molecule is CCCCOC(=O)NCc1cccc(CC(C)C)c1. The molecule has 3 heteroatoms. The third-order valence-electron chi connectivity index (χ3n) is 2.80. The minimum Gasteiger partial charge on any atom is -0.450 e. The highest BCUT2D eigenvalue weighted by atomic mass is 16.5. The van der Waals surface area contributed by atoms with Crippen molar-refractivity contribution < 1.29 is 9.53 Å². The lowest BCUT2D eigenvalue weighted by Gasteiger charge is -2.09. The predicted molar refractivity (Wildman–Crippen MR) is 78.1 cm³/mol. The first-order valence-electron chi connectivity index (χ1n) is 7.10. The second kappa shape index (κ2) is 8.57. The maximum atomic E-state index is 11.4. The van der Waals surface area contributed by atoms with E-state index in [0.29, 0.717) is 19.1 Å². The van der Waals surface area contributed by atoms with Crippen LogP contribution in [0.5, 0.6) is 0 Å². The van der Waals surface area contributed by atoms with Crippen LogP contribution in [0.4, 0.5) is 4.79 Å². The third kappa shape index (κ3) is 6.85. The molecule has 0 aliphatic heterocycles. The van der Waals surface area contributed by atoms with E-state index in [1.807, 2.05) is 12.1 Å². The summed E-state index contributed by atoms with van der Waals surface area (Å²) in [5.41, 5.74) is 2.43. The number of benzene rings is 1. The van der Waals surface area contributed by atoms with Crippen LogP contribution < -0.4 is 5.32 Å². The molecule has 1 aromatic carbocycles. The van der Waals surface area contributed by atoms with Crippen molar-refractivity contribution in [2.24, 2.45) is 5.92 Å². The average Bonchev–Trinajstić information content (AvgIpc) is 2.36. The predicted octanol–water partition coefficient (Wildman–Crippen LogP) is 3.91. The molecule has 0 aliphatic carbocycles. The van der Waals surface area contributed by atoms with E-state index in [9.17, 15) is 4.79 Å². The first-order chi connectivity index (χ1) is 9.11. The molecule has 106 valence electrons. The van der Waals surface area contributed by atoms with Crippen LogP contribution in [0.3, 0.4) is 0 Å². The maximum absolute atomic E-state index is 11.4. The molecule has 0 aliphatic rings. The Labute approximate surface area is 116 Å². The van der Waals surface area contributed by atoms with Gasteiger partial charge < -0.3 is 10.1 Å². The van der Waals surface area contributed by atoms with Crippen LogP contribution in [0.15, 0.2) is 24.3 Å². The Bertz CT molecular complexity index is 388. The van der Waals surface area contributed by atoms with Gasteiger partial charge in [0.25, 0.3) is 0 Å². The van der Waals surface area contributed by atoms with Crippen LogP contribution in [-0.2, 0) is 17.7 Å². The van der Waals surface area contributed by atoms with E-state index >= 15 is 0 Å². The van der Waals surface area contributed by atoms with Crippen molar-refractivity contribution in [1.82, 2.24) is 5.32 Å². The van der Waals surface area contributed by atoms with Crippen molar-refractivity contribution in [3.8, 4) is 0 Å². The van der Waals surface area contributed by atoms with Crippen LogP contribution >= 0.6 is 0 Å². The number of hydrogen-bond donors (Lipinski definition) is 1. The molecule has 0 atom stereocenters. The molecule has 3 nitrogen and oxygen atoms in total. The summed E-state index contributed by atoms with van der Waals surface area (Å²) in [6.07, 6.45) is 2.68. The highest BCUT2D eigenvalue weighted by molar-refractivity contribution is 5.67. The number of amides is 1. The highest BCUT2D eigenvalue weighted by Crippen LogP contribution is 2.10. The first-order valence-corrected chi connectivity index (χ1v) is 7.10. The number of hydrogen-bond acceptors (Lipinski definition) is 2. The molecule has 1 rings (SSSR count). The van der Waals surface area contributed by atoms with Crippen LogP contribution in [0.1, 0.15) is 44.7 Å². The van der Waals surface area contributed by atoms with E-state index < -0.39 is 0 Å². The van der Waals surface area contributed by atoms with Gasteiger partial charge in [-0.3, -0.25) is 0 Å².